The smallest absolute Gasteiger partial charge is 0.0976 e. The molecule has 3 heteroatoms. The Hall–Kier alpha value is -1.64. The Morgan fingerprint density at radius 3 is 2.07 bits per heavy atom. The summed E-state index contributed by atoms with van der Waals surface area (Å²) >= 11 is 0. The van der Waals surface area contributed by atoms with Gasteiger partial charge >= 0.3 is 0 Å². The molecule has 0 bridgehead atoms. The standard InChI is InChI=1S/C12H16N2O/c1-8-6-5-7-9(2)12(8)13-10(3)11(4)14-15/h5-7,15H,1-4H3/b13-10?,14-11+. The summed E-state index contributed by atoms with van der Waals surface area (Å²) in [4.78, 5) is 4.45. The molecule has 0 spiro atoms. The average Bonchev–Trinajstić information content (AvgIpc) is 2.22. The first-order valence-electron chi connectivity index (χ1n) is 4.86. The molecule has 0 saturated carbocycles. The van der Waals surface area contributed by atoms with Gasteiger partial charge in [0.05, 0.1) is 17.1 Å². The lowest BCUT2D eigenvalue weighted by Crippen LogP contribution is -2.05. The van der Waals surface area contributed by atoms with Crippen molar-refractivity contribution in [3.8, 4) is 0 Å². The molecule has 0 aliphatic carbocycles. The van der Waals surface area contributed by atoms with Crippen LogP contribution >= 0.6 is 0 Å². The van der Waals surface area contributed by atoms with Gasteiger partial charge in [0.25, 0.3) is 0 Å². The molecule has 3 nitrogen and oxygen atoms in total. The summed E-state index contributed by atoms with van der Waals surface area (Å²) in [5.41, 5.74) is 4.48. The van der Waals surface area contributed by atoms with Crippen LogP contribution in [0.15, 0.2) is 28.3 Å². The number of nitrogens with zero attached hydrogens (tertiary/aromatic N) is 2. The van der Waals surface area contributed by atoms with Gasteiger partial charge in [0, 0.05) is 0 Å². The highest BCUT2D eigenvalue weighted by atomic mass is 16.4. The third-order valence-corrected chi connectivity index (χ3v) is 2.39. The Morgan fingerprint density at radius 1 is 1.07 bits per heavy atom. The van der Waals surface area contributed by atoms with Crippen LogP contribution in [-0.2, 0) is 0 Å². The fourth-order valence-corrected chi connectivity index (χ4v) is 1.30. The molecule has 0 aromatic heterocycles. The van der Waals surface area contributed by atoms with Gasteiger partial charge in [-0.1, -0.05) is 23.4 Å². The number of aryl methyl sites for hydroxylation is 2. The van der Waals surface area contributed by atoms with Crippen molar-refractivity contribution >= 4 is 17.1 Å². The fourth-order valence-electron chi connectivity index (χ4n) is 1.30. The highest BCUT2D eigenvalue weighted by Crippen LogP contribution is 2.23. The molecule has 1 N–H and O–H groups in total. The summed E-state index contributed by atoms with van der Waals surface area (Å²) in [6.45, 7) is 7.60. The Morgan fingerprint density at radius 2 is 1.60 bits per heavy atom. The van der Waals surface area contributed by atoms with Crippen molar-refractivity contribution in [3.05, 3.63) is 29.3 Å². The molecule has 0 fully saturated rings. The second kappa shape index (κ2) is 4.73. The van der Waals surface area contributed by atoms with Crippen molar-refractivity contribution < 1.29 is 5.21 Å². The molecule has 1 aromatic rings. The van der Waals surface area contributed by atoms with Gasteiger partial charge in [-0.3, -0.25) is 4.99 Å². The van der Waals surface area contributed by atoms with Crippen molar-refractivity contribution in [1.82, 2.24) is 0 Å². The van der Waals surface area contributed by atoms with E-state index >= 15 is 0 Å². The highest BCUT2D eigenvalue weighted by molar-refractivity contribution is 6.40. The second-order valence-electron chi connectivity index (χ2n) is 3.62. The molecule has 1 rings (SSSR count). The normalized spacial score (nSPS) is 13.1. The zero-order chi connectivity index (χ0) is 11.4. The van der Waals surface area contributed by atoms with E-state index in [0.29, 0.717) is 5.71 Å². The van der Waals surface area contributed by atoms with Crippen LogP contribution < -0.4 is 0 Å². The number of aliphatic imine (C=N–C) groups is 1. The summed E-state index contributed by atoms with van der Waals surface area (Å²) in [5, 5.41) is 11.8. The number of hydrogen-bond acceptors (Lipinski definition) is 3. The van der Waals surface area contributed by atoms with E-state index in [9.17, 15) is 0 Å². The zero-order valence-corrected chi connectivity index (χ0v) is 9.57. The molecule has 0 atom stereocenters. The summed E-state index contributed by atoms with van der Waals surface area (Å²) in [6, 6.07) is 6.04. The van der Waals surface area contributed by atoms with Crippen LogP contribution in [0.5, 0.6) is 0 Å². The van der Waals surface area contributed by atoms with Crippen LogP contribution in [0.2, 0.25) is 0 Å². The van der Waals surface area contributed by atoms with Crippen LogP contribution in [0, 0.1) is 13.8 Å². The minimum atomic E-state index is 0.539. The van der Waals surface area contributed by atoms with Crippen LogP contribution in [0.3, 0.4) is 0 Å². The number of oxime groups is 1. The second-order valence-corrected chi connectivity index (χ2v) is 3.62. The summed E-state index contributed by atoms with van der Waals surface area (Å²) in [6.07, 6.45) is 0. The minimum Gasteiger partial charge on any atom is -0.411 e. The van der Waals surface area contributed by atoms with Crippen molar-refractivity contribution in [3.63, 3.8) is 0 Å². The average molecular weight is 204 g/mol. The van der Waals surface area contributed by atoms with Crippen LogP contribution in [-0.4, -0.2) is 16.6 Å². The van der Waals surface area contributed by atoms with Crippen molar-refractivity contribution in [2.75, 3.05) is 0 Å². The molecule has 0 unspecified atom stereocenters. The van der Waals surface area contributed by atoms with E-state index < -0.39 is 0 Å². The molecular formula is C12H16N2O. The first kappa shape index (κ1) is 11.4. The van der Waals surface area contributed by atoms with Gasteiger partial charge in [-0.05, 0) is 38.8 Å². The van der Waals surface area contributed by atoms with E-state index in [1.165, 1.54) is 0 Å². The minimum absolute atomic E-state index is 0.539. The van der Waals surface area contributed by atoms with E-state index in [1.807, 2.05) is 39.0 Å². The monoisotopic (exact) mass is 204 g/mol. The Balaban J connectivity index is 3.19. The molecule has 0 radical (unpaired) electrons. The van der Waals surface area contributed by atoms with Crippen LogP contribution in [0.25, 0.3) is 0 Å². The van der Waals surface area contributed by atoms with Crippen molar-refractivity contribution in [1.29, 1.82) is 0 Å². The lowest BCUT2D eigenvalue weighted by atomic mass is 10.1. The van der Waals surface area contributed by atoms with Gasteiger partial charge in [0.1, 0.15) is 0 Å². The highest BCUT2D eigenvalue weighted by Gasteiger charge is 2.02. The van der Waals surface area contributed by atoms with Gasteiger partial charge in [-0.15, -0.1) is 0 Å². The van der Waals surface area contributed by atoms with Gasteiger partial charge in [-0.2, -0.15) is 0 Å². The molecule has 80 valence electrons. The number of rotatable bonds is 2. The first-order chi connectivity index (χ1) is 7.06. The maximum absolute atomic E-state index is 8.63. The largest absolute Gasteiger partial charge is 0.411 e. The molecule has 0 saturated heterocycles. The number of benzene rings is 1. The van der Waals surface area contributed by atoms with Crippen molar-refractivity contribution in [2.24, 2.45) is 10.1 Å². The van der Waals surface area contributed by atoms with Crippen molar-refractivity contribution in [2.45, 2.75) is 27.7 Å². The summed E-state index contributed by atoms with van der Waals surface area (Å²) < 4.78 is 0. The predicted octanol–water partition coefficient (Wildman–Crippen LogP) is 3.25. The maximum Gasteiger partial charge on any atom is 0.0976 e. The Labute approximate surface area is 90.2 Å². The SMILES string of the molecule is CC(=Nc1c(C)cccc1C)/C(C)=N/O. The molecule has 0 heterocycles. The molecular weight excluding hydrogens is 188 g/mol. The number of para-hydroxylation sites is 1. The van der Waals surface area contributed by atoms with E-state index in [-0.39, 0.29) is 0 Å². The third-order valence-electron chi connectivity index (χ3n) is 2.39. The molecule has 0 aliphatic heterocycles. The first-order valence-corrected chi connectivity index (χ1v) is 4.86. The van der Waals surface area contributed by atoms with Gasteiger partial charge in [0.2, 0.25) is 0 Å². The van der Waals surface area contributed by atoms with E-state index in [4.69, 9.17) is 5.21 Å². The van der Waals surface area contributed by atoms with E-state index in [1.54, 1.807) is 6.92 Å². The predicted molar refractivity (Wildman–Crippen MR) is 63.6 cm³/mol. The zero-order valence-electron chi connectivity index (χ0n) is 9.57. The molecule has 1 aromatic carbocycles. The fraction of sp³-hybridized carbons (Fsp3) is 0.333. The molecule has 15 heavy (non-hydrogen) atoms. The summed E-state index contributed by atoms with van der Waals surface area (Å²) in [5.74, 6) is 0. The quantitative estimate of drug-likeness (QED) is 0.448. The number of hydrogen-bond donors (Lipinski definition) is 1. The van der Waals surface area contributed by atoms with Gasteiger partial charge in [0.15, 0.2) is 0 Å². The lowest BCUT2D eigenvalue weighted by molar-refractivity contribution is 0.320. The summed E-state index contributed by atoms with van der Waals surface area (Å²) in [7, 11) is 0. The van der Waals surface area contributed by atoms with Gasteiger partial charge < -0.3 is 5.21 Å². The van der Waals surface area contributed by atoms with E-state index in [0.717, 1.165) is 22.5 Å². The topological polar surface area (TPSA) is 45.0 Å². The lowest BCUT2D eigenvalue weighted by Gasteiger charge is -2.05. The van der Waals surface area contributed by atoms with Crippen LogP contribution in [0.4, 0.5) is 5.69 Å². The Bertz CT molecular complexity index is 399. The molecule has 0 amide bonds. The Kier molecular flexibility index (Phi) is 3.61. The van der Waals surface area contributed by atoms with Crippen LogP contribution in [0.1, 0.15) is 25.0 Å². The third kappa shape index (κ3) is 2.65. The van der Waals surface area contributed by atoms with E-state index in [2.05, 4.69) is 10.1 Å². The molecule has 0 aliphatic rings. The van der Waals surface area contributed by atoms with Gasteiger partial charge in [-0.25, -0.2) is 0 Å². The maximum atomic E-state index is 8.63.